The zero-order valence-corrected chi connectivity index (χ0v) is 14.7. The first-order valence-corrected chi connectivity index (χ1v) is 9.62. The Bertz CT molecular complexity index is 869. The molecule has 9 nitrogen and oxygen atoms in total. The lowest BCUT2D eigenvalue weighted by atomic mass is 10.0. The Morgan fingerprint density at radius 3 is 2.73 bits per heavy atom. The fourth-order valence-corrected chi connectivity index (χ4v) is 4.27. The quantitative estimate of drug-likeness (QED) is 0.805. The van der Waals surface area contributed by atoms with E-state index in [0.717, 1.165) is 0 Å². The number of nitrogens with two attached hydrogens (primary N) is 1. The number of fused-ring (bicyclic) bond motifs is 1. The fourth-order valence-electron chi connectivity index (χ4n) is 3.01. The summed E-state index contributed by atoms with van der Waals surface area (Å²) in [5.74, 6) is 0.477. The van der Waals surface area contributed by atoms with Crippen molar-refractivity contribution in [2.24, 2.45) is 5.92 Å². The third kappa shape index (κ3) is 3.52. The van der Waals surface area contributed by atoms with Gasteiger partial charge in [-0.3, -0.25) is 13.6 Å². The monoisotopic (exact) mass is 379 g/mol. The van der Waals surface area contributed by atoms with Gasteiger partial charge in [0.15, 0.2) is 0 Å². The van der Waals surface area contributed by atoms with Crippen molar-refractivity contribution in [3.05, 3.63) is 53.1 Å². The summed E-state index contributed by atoms with van der Waals surface area (Å²) in [6, 6.07) is 10.2. The van der Waals surface area contributed by atoms with Gasteiger partial charge < -0.3 is 15.0 Å². The van der Waals surface area contributed by atoms with E-state index in [4.69, 9.17) is 24.0 Å². The number of benzene rings is 1. The molecule has 2 aliphatic rings. The number of aromatic nitrogens is 2. The van der Waals surface area contributed by atoms with Crippen LogP contribution in [0.1, 0.15) is 12.6 Å². The van der Waals surface area contributed by atoms with Gasteiger partial charge in [0, 0.05) is 18.5 Å². The molecule has 2 unspecified atom stereocenters. The van der Waals surface area contributed by atoms with Crippen molar-refractivity contribution < 1.29 is 22.9 Å². The third-order valence-electron chi connectivity index (χ3n) is 4.33. The number of anilines is 1. The van der Waals surface area contributed by atoms with Crippen molar-refractivity contribution in [1.29, 1.82) is 0 Å². The Morgan fingerprint density at radius 1 is 1.19 bits per heavy atom. The summed E-state index contributed by atoms with van der Waals surface area (Å²) in [6.07, 6.45) is 1.20. The highest BCUT2D eigenvalue weighted by Gasteiger charge is 2.44. The lowest BCUT2D eigenvalue weighted by Crippen LogP contribution is -2.27. The van der Waals surface area contributed by atoms with Crippen LogP contribution in [0.25, 0.3) is 0 Å². The van der Waals surface area contributed by atoms with Gasteiger partial charge >= 0.3 is 13.5 Å². The summed E-state index contributed by atoms with van der Waals surface area (Å²) in [5, 5.41) is 0. The predicted molar refractivity (Wildman–Crippen MR) is 91.5 cm³/mol. The van der Waals surface area contributed by atoms with E-state index in [1.54, 1.807) is 30.5 Å². The highest BCUT2D eigenvalue weighted by Crippen LogP contribution is 2.53. The maximum absolute atomic E-state index is 12.7. The molecule has 0 radical (unpaired) electrons. The number of ether oxygens (including phenoxy) is 1. The minimum atomic E-state index is -3.72. The van der Waals surface area contributed by atoms with E-state index in [-0.39, 0.29) is 31.1 Å². The maximum atomic E-state index is 12.7. The van der Waals surface area contributed by atoms with E-state index < -0.39 is 19.7 Å². The van der Waals surface area contributed by atoms with Crippen molar-refractivity contribution >= 4 is 13.6 Å². The van der Waals surface area contributed by atoms with E-state index in [2.05, 4.69) is 4.98 Å². The van der Waals surface area contributed by atoms with E-state index >= 15 is 0 Å². The highest BCUT2D eigenvalue weighted by molar-refractivity contribution is 7.48. The number of phosphoric acid groups is 1. The Hall–Kier alpha value is -2.19. The molecule has 0 saturated carbocycles. The Balaban J connectivity index is 1.44. The van der Waals surface area contributed by atoms with Gasteiger partial charge in [-0.05, 0) is 18.2 Å². The molecular formula is C16H18N3O6P. The molecule has 138 valence electrons. The van der Waals surface area contributed by atoms with Crippen LogP contribution < -0.4 is 15.9 Å². The SMILES string of the molecule is Nc1ccn(C2C[C@@H]3COP(=O)(Oc4ccccc4)OC[C@H]3O2)c(=O)n1. The van der Waals surface area contributed by atoms with Gasteiger partial charge in [0.1, 0.15) is 17.8 Å². The summed E-state index contributed by atoms with van der Waals surface area (Å²) in [7, 11) is -3.72. The standard InChI is InChI=1S/C16H18N3O6P/c17-14-6-7-19(16(20)18-14)15-8-11-9-22-26(21,23-10-13(11)24-15)25-12-4-2-1-3-5-12/h1-7,11,13,15H,8-10H2,(H2,17,18,20)/t11-,13-,15?,26?/m1/s1. The number of phosphoric ester groups is 1. The average Bonchev–Trinajstić information content (AvgIpc) is 2.96. The molecule has 4 atom stereocenters. The molecule has 1 aromatic carbocycles. The summed E-state index contributed by atoms with van der Waals surface area (Å²) in [4.78, 5) is 15.7. The summed E-state index contributed by atoms with van der Waals surface area (Å²) >= 11 is 0. The molecule has 0 bridgehead atoms. The lowest BCUT2D eigenvalue weighted by molar-refractivity contribution is -0.0258. The summed E-state index contributed by atoms with van der Waals surface area (Å²) in [6.45, 7) is 0.185. The number of rotatable bonds is 3. The van der Waals surface area contributed by atoms with Crippen LogP contribution in [0.15, 0.2) is 47.4 Å². The summed E-state index contributed by atoms with van der Waals surface area (Å²) < 4.78 is 36.2. The van der Waals surface area contributed by atoms with Crippen LogP contribution in [0, 0.1) is 5.92 Å². The van der Waals surface area contributed by atoms with Gasteiger partial charge in [-0.25, -0.2) is 9.36 Å². The molecule has 26 heavy (non-hydrogen) atoms. The normalized spacial score (nSPS) is 31.2. The minimum absolute atomic E-state index is 0.0441. The van der Waals surface area contributed by atoms with Crippen LogP contribution in [0.4, 0.5) is 5.82 Å². The van der Waals surface area contributed by atoms with E-state index in [1.807, 2.05) is 6.07 Å². The van der Waals surface area contributed by atoms with Gasteiger partial charge in [0.05, 0.1) is 19.3 Å². The average molecular weight is 379 g/mol. The predicted octanol–water partition coefficient (Wildman–Crippen LogP) is 1.96. The molecule has 0 amide bonds. The first kappa shape index (κ1) is 17.2. The van der Waals surface area contributed by atoms with Crippen LogP contribution >= 0.6 is 7.82 Å². The maximum Gasteiger partial charge on any atom is 0.530 e. The van der Waals surface area contributed by atoms with E-state index in [1.165, 1.54) is 10.6 Å². The molecule has 3 heterocycles. The van der Waals surface area contributed by atoms with Gasteiger partial charge in [0.25, 0.3) is 0 Å². The van der Waals surface area contributed by atoms with E-state index in [0.29, 0.717) is 12.2 Å². The number of hydrogen-bond acceptors (Lipinski definition) is 8. The molecule has 2 fully saturated rings. The Labute approximate surface area is 149 Å². The third-order valence-corrected chi connectivity index (χ3v) is 5.69. The first-order chi connectivity index (χ1) is 12.5. The smallest absolute Gasteiger partial charge is 0.404 e. The molecule has 10 heteroatoms. The largest absolute Gasteiger partial charge is 0.530 e. The van der Waals surface area contributed by atoms with Crippen molar-refractivity contribution in [2.75, 3.05) is 18.9 Å². The molecule has 0 spiro atoms. The van der Waals surface area contributed by atoms with Crippen LogP contribution in [0.2, 0.25) is 0 Å². The lowest BCUT2D eigenvalue weighted by Gasteiger charge is -2.18. The van der Waals surface area contributed by atoms with Gasteiger partial charge in [-0.1, -0.05) is 18.2 Å². The first-order valence-electron chi connectivity index (χ1n) is 8.16. The second kappa shape index (κ2) is 6.85. The number of nitrogens with zero attached hydrogens (tertiary/aromatic N) is 2. The van der Waals surface area contributed by atoms with Gasteiger partial charge in [0.2, 0.25) is 0 Å². The van der Waals surface area contributed by atoms with Crippen LogP contribution in [-0.2, 0) is 18.3 Å². The van der Waals surface area contributed by atoms with Crippen LogP contribution in [-0.4, -0.2) is 28.9 Å². The van der Waals surface area contributed by atoms with Gasteiger partial charge in [-0.2, -0.15) is 4.98 Å². The molecule has 2 aliphatic heterocycles. The zero-order chi connectivity index (χ0) is 18.1. The van der Waals surface area contributed by atoms with E-state index in [9.17, 15) is 9.36 Å². The second-order valence-corrected chi connectivity index (χ2v) is 7.70. The fraction of sp³-hybridized carbons (Fsp3) is 0.375. The topological polar surface area (TPSA) is 115 Å². The number of hydrogen-bond donors (Lipinski definition) is 1. The second-order valence-electron chi connectivity index (χ2n) is 6.11. The molecule has 1 aromatic heterocycles. The van der Waals surface area contributed by atoms with Crippen molar-refractivity contribution in [3.63, 3.8) is 0 Å². The summed E-state index contributed by atoms with van der Waals surface area (Å²) in [5.41, 5.74) is 5.03. The Morgan fingerprint density at radius 2 is 1.96 bits per heavy atom. The number of nitrogen functional groups attached to an aromatic ring is 1. The van der Waals surface area contributed by atoms with Gasteiger partial charge in [-0.15, -0.1) is 0 Å². The molecule has 2 aromatic rings. The molecule has 2 saturated heterocycles. The molecule has 2 N–H and O–H groups in total. The molecule has 4 rings (SSSR count). The minimum Gasteiger partial charge on any atom is -0.404 e. The zero-order valence-electron chi connectivity index (χ0n) is 13.8. The van der Waals surface area contributed by atoms with Crippen molar-refractivity contribution in [2.45, 2.75) is 18.8 Å². The molecule has 0 aliphatic carbocycles. The Kier molecular flexibility index (Phi) is 4.54. The van der Waals surface area contributed by atoms with Crippen LogP contribution in [0.3, 0.4) is 0 Å². The van der Waals surface area contributed by atoms with Crippen molar-refractivity contribution in [1.82, 2.24) is 9.55 Å². The van der Waals surface area contributed by atoms with Crippen LogP contribution in [0.5, 0.6) is 5.75 Å². The highest BCUT2D eigenvalue weighted by atomic mass is 31.2. The number of para-hydroxylation sites is 1. The molecular weight excluding hydrogens is 361 g/mol. The van der Waals surface area contributed by atoms with Crippen molar-refractivity contribution in [3.8, 4) is 5.75 Å².